The topological polar surface area (TPSA) is 29.9 Å². The van der Waals surface area contributed by atoms with Crippen molar-refractivity contribution in [2.24, 2.45) is 7.05 Å². The van der Waals surface area contributed by atoms with Crippen LogP contribution < -0.4 is 5.32 Å². The molecule has 3 nitrogen and oxygen atoms in total. The zero-order chi connectivity index (χ0) is 13.3. The standard InChI is InChI=1S/C13H15ClFN3/c1-8-6-9(15)4-5-10(8)12(16-2)13-11(14)7-17-18(13)3/h4-7,12,16H,1-3H3. The Morgan fingerprint density at radius 3 is 2.67 bits per heavy atom. The van der Waals surface area contributed by atoms with E-state index in [2.05, 4.69) is 10.4 Å². The fourth-order valence-corrected chi connectivity index (χ4v) is 2.42. The third-order valence-electron chi connectivity index (χ3n) is 3.04. The molecule has 1 unspecified atom stereocenters. The second kappa shape index (κ2) is 5.08. The summed E-state index contributed by atoms with van der Waals surface area (Å²) in [6.07, 6.45) is 1.61. The minimum Gasteiger partial charge on any atom is -0.308 e. The maximum absolute atomic E-state index is 13.2. The molecule has 96 valence electrons. The van der Waals surface area contributed by atoms with Gasteiger partial charge in [-0.25, -0.2) is 4.39 Å². The molecule has 0 spiro atoms. The Labute approximate surface area is 111 Å². The Morgan fingerprint density at radius 2 is 2.17 bits per heavy atom. The smallest absolute Gasteiger partial charge is 0.123 e. The third-order valence-corrected chi connectivity index (χ3v) is 3.33. The number of nitrogens with zero attached hydrogens (tertiary/aromatic N) is 2. The van der Waals surface area contributed by atoms with E-state index < -0.39 is 0 Å². The molecule has 0 aliphatic carbocycles. The maximum atomic E-state index is 13.2. The molecule has 1 N–H and O–H groups in total. The van der Waals surface area contributed by atoms with E-state index in [1.807, 2.05) is 21.0 Å². The van der Waals surface area contributed by atoms with Gasteiger partial charge in [0.15, 0.2) is 0 Å². The van der Waals surface area contributed by atoms with Gasteiger partial charge >= 0.3 is 0 Å². The van der Waals surface area contributed by atoms with Crippen LogP contribution in [-0.4, -0.2) is 16.8 Å². The van der Waals surface area contributed by atoms with Crippen molar-refractivity contribution in [1.29, 1.82) is 0 Å². The van der Waals surface area contributed by atoms with Crippen LogP contribution in [0.1, 0.15) is 22.9 Å². The number of rotatable bonds is 3. The summed E-state index contributed by atoms with van der Waals surface area (Å²) in [7, 11) is 3.68. The average Bonchev–Trinajstić information content (AvgIpc) is 2.64. The lowest BCUT2D eigenvalue weighted by Crippen LogP contribution is -2.22. The van der Waals surface area contributed by atoms with Gasteiger partial charge in [-0.2, -0.15) is 5.10 Å². The first kappa shape index (κ1) is 13.1. The predicted molar refractivity (Wildman–Crippen MR) is 70.3 cm³/mol. The summed E-state index contributed by atoms with van der Waals surface area (Å²) in [5.41, 5.74) is 2.74. The zero-order valence-corrected chi connectivity index (χ0v) is 11.3. The lowest BCUT2D eigenvalue weighted by Gasteiger charge is -2.19. The van der Waals surface area contributed by atoms with Crippen molar-refractivity contribution < 1.29 is 4.39 Å². The van der Waals surface area contributed by atoms with E-state index in [-0.39, 0.29) is 11.9 Å². The molecular formula is C13H15ClFN3. The molecule has 5 heteroatoms. The molecule has 1 aromatic heterocycles. The molecule has 2 rings (SSSR count). The van der Waals surface area contributed by atoms with Crippen LogP contribution in [0.15, 0.2) is 24.4 Å². The normalized spacial score (nSPS) is 12.7. The first-order chi connectivity index (χ1) is 8.54. The molecule has 18 heavy (non-hydrogen) atoms. The fourth-order valence-electron chi connectivity index (χ4n) is 2.15. The molecule has 0 aliphatic heterocycles. The predicted octanol–water partition coefficient (Wildman–Crippen LogP) is 2.83. The molecule has 1 atom stereocenters. The highest BCUT2D eigenvalue weighted by Gasteiger charge is 2.21. The van der Waals surface area contributed by atoms with Crippen molar-refractivity contribution in [3.05, 3.63) is 52.1 Å². The Morgan fingerprint density at radius 1 is 1.44 bits per heavy atom. The van der Waals surface area contributed by atoms with Crippen molar-refractivity contribution in [3.8, 4) is 0 Å². The van der Waals surface area contributed by atoms with Gasteiger partial charge in [-0.1, -0.05) is 17.7 Å². The van der Waals surface area contributed by atoms with Crippen LogP contribution in [0.25, 0.3) is 0 Å². The van der Waals surface area contributed by atoms with Gasteiger partial charge in [0.05, 0.1) is 23.0 Å². The van der Waals surface area contributed by atoms with Crippen molar-refractivity contribution in [3.63, 3.8) is 0 Å². The number of halogens is 2. The van der Waals surface area contributed by atoms with Crippen LogP contribution in [0.5, 0.6) is 0 Å². The summed E-state index contributed by atoms with van der Waals surface area (Å²) in [4.78, 5) is 0. The second-order valence-corrected chi connectivity index (χ2v) is 4.63. The van der Waals surface area contributed by atoms with Gasteiger partial charge in [-0.15, -0.1) is 0 Å². The summed E-state index contributed by atoms with van der Waals surface area (Å²) in [5, 5.41) is 7.92. The van der Waals surface area contributed by atoms with E-state index in [1.54, 1.807) is 16.9 Å². The minimum absolute atomic E-state index is 0.106. The largest absolute Gasteiger partial charge is 0.308 e. The minimum atomic E-state index is -0.234. The first-order valence-corrected chi connectivity index (χ1v) is 6.03. The van der Waals surface area contributed by atoms with Gasteiger partial charge < -0.3 is 5.32 Å². The molecule has 1 aromatic carbocycles. The van der Waals surface area contributed by atoms with Crippen molar-refractivity contribution in [2.45, 2.75) is 13.0 Å². The number of aromatic nitrogens is 2. The molecule has 0 fully saturated rings. The molecular weight excluding hydrogens is 253 g/mol. The molecule has 2 aromatic rings. The van der Waals surface area contributed by atoms with Crippen LogP contribution in [0.3, 0.4) is 0 Å². The number of hydrogen-bond acceptors (Lipinski definition) is 2. The highest BCUT2D eigenvalue weighted by atomic mass is 35.5. The maximum Gasteiger partial charge on any atom is 0.123 e. The van der Waals surface area contributed by atoms with E-state index in [0.29, 0.717) is 5.02 Å². The Hall–Kier alpha value is -1.39. The van der Waals surface area contributed by atoms with E-state index in [1.165, 1.54) is 12.1 Å². The van der Waals surface area contributed by atoms with Gasteiger partial charge in [0.1, 0.15) is 5.82 Å². The average molecular weight is 268 g/mol. The van der Waals surface area contributed by atoms with E-state index in [0.717, 1.165) is 16.8 Å². The lowest BCUT2D eigenvalue weighted by atomic mass is 9.98. The summed E-state index contributed by atoms with van der Waals surface area (Å²) >= 11 is 6.15. The highest BCUT2D eigenvalue weighted by molar-refractivity contribution is 6.31. The summed E-state index contributed by atoms with van der Waals surface area (Å²) in [5.74, 6) is -0.234. The van der Waals surface area contributed by atoms with E-state index in [4.69, 9.17) is 11.6 Å². The van der Waals surface area contributed by atoms with Crippen LogP contribution in [0.2, 0.25) is 5.02 Å². The highest BCUT2D eigenvalue weighted by Crippen LogP contribution is 2.29. The SMILES string of the molecule is CNC(c1ccc(F)cc1C)c1c(Cl)cnn1C. The molecule has 0 aliphatic rings. The van der Waals surface area contributed by atoms with Crippen molar-refractivity contribution in [2.75, 3.05) is 7.05 Å². The molecule has 1 heterocycles. The monoisotopic (exact) mass is 267 g/mol. The number of nitrogens with one attached hydrogen (secondary N) is 1. The fraction of sp³-hybridized carbons (Fsp3) is 0.308. The van der Waals surface area contributed by atoms with E-state index >= 15 is 0 Å². The molecule has 0 saturated carbocycles. The molecule has 0 saturated heterocycles. The third kappa shape index (κ3) is 2.26. The van der Waals surface area contributed by atoms with Gasteiger partial charge in [-0.3, -0.25) is 4.68 Å². The van der Waals surface area contributed by atoms with Crippen molar-refractivity contribution >= 4 is 11.6 Å². The van der Waals surface area contributed by atoms with Gasteiger partial charge in [0, 0.05) is 7.05 Å². The molecule has 0 radical (unpaired) electrons. The van der Waals surface area contributed by atoms with Gasteiger partial charge in [0.2, 0.25) is 0 Å². The molecule has 0 bridgehead atoms. The van der Waals surface area contributed by atoms with Gasteiger partial charge in [0.25, 0.3) is 0 Å². The van der Waals surface area contributed by atoms with Gasteiger partial charge in [-0.05, 0) is 37.2 Å². The second-order valence-electron chi connectivity index (χ2n) is 4.22. The lowest BCUT2D eigenvalue weighted by molar-refractivity contribution is 0.596. The Kier molecular flexibility index (Phi) is 3.68. The number of aryl methyl sites for hydroxylation is 2. The molecule has 0 amide bonds. The van der Waals surface area contributed by atoms with Crippen LogP contribution in [-0.2, 0) is 7.05 Å². The summed E-state index contributed by atoms with van der Waals surface area (Å²) in [6, 6.07) is 4.64. The number of benzene rings is 1. The summed E-state index contributed by atoms with van der Waals surface area (Å²) < 4.78 is 14.9. The van der Waals surface area contributed by atoms with E-state index in [9.17, 15) is 4.39 Å². The van der Waals surface area contributed by atoms with Crippen LogP contribution >= 0.6 is 11.6 Å². The number of hydrogen-bond donors (Lipinski definition) is 1. The zero-order valence-electron chi connectivity index (χ0n) is 10.5. The Balaban J connectivity index is 2.52. The van der Waals surface area contributed by atoms with Crippen molar-refractivity contribution in [1.82, 2.24) is 15.1 Å². The first-order valence-electron chi connectivity index (χ1n) is 5.65. The van der Waals surface area contributed by atoms with Crippen LogP contribution in [0, 0.1) is 12.7 Å². The Bertz CT molecular complexity index is 546. The quantitative estimate of drug-likeness (QED) is 0.927. The summed E-state index contributed by atoms with van der Waals surface area (Å²) in [6.45, 7) is 1.88. The van der Waals surface area contributed by atoms with Crippen LogP contribution in [0.4, 0.5) is 4.39 Å².